The number of ether oxygens (including phenoxy) is 2. The molecule has 1 fully saturated rings. The molecule has 0 atom stereocenters. The predicted molar refractivity (Wildman–Crippen MR) is 146 cm³/mol. The van der Waals surface area contributed by atoms with Crippen molar-refractivity contribution in [3.05, 3.63) is 111 Å². The summed E-state index contributed by atoms with van der Waals surface area (Å²) in [6, 6.07) is 18.6. The van der Waals surface area contributed by atoms with Crippen molar-refractivity contribution in [1.82, 2.24) is 4.90 Å². The topological polar surface area (TPSA) is 55.8 Å². The number of carbonyl (C=O) groups excluding carboxylic acids is 2. The Hall–Kier alpha value is -3.19. The fraction of sp³-hybridized carbons (Fsp3) is 0.143. The van der Waals surface area contributed by atoms with Crippen LogP contribution in [0.1, 0.15) is 22.3 Å². The number of allylic oxidation sites excluding steroid dienone is 1. The van der Waals surface area contributed by atoms with Crippen molar-refractivity contribution in [2.24, 2.45) is 0 Å². The van der Waals surface area contributed by atoms with Gasteiger partial charge in [0.25, 0.3) is 11.1 Å². The molecule has 0 aromatic heterocycles. The van der Waals surface area contributed by atoms with Gasteiger partial charge in [0.05, 0.1) is 18.6 Å². The zero-order valence-electron chi connectivity index (χ0n) is 19.5. The summed E-state index contributed by atoms with van der Waals surface area (Å²) in [5.41, 5.74) is 3.12. The fourth-order valence-corrected chi connectivity index (χ4v) is 5.10. The highest BCUT2D eigenvalue weighted by Crippen LogP contribution is 2.38. The second-order valence-electron chi connectivity index (χ2n) is 7.95. The average Bonchev–Trinajstić information content (AvgIpc) is 3.13. The van der Waals surface area contributed by atoms with E-state index in [1.165, 1.54) is 0 Å². The van der Waals surface area contributed by atoms with Crippen LogP contribution in [-0.4, -0.2) is 23.2 Å². The van der Waals surface area contributed by atoms with Gasteiger partial charge in [-0.1, -0.05) is 65.7 Å². The van der Waals surface area contributed by atoms with Gasteiger partial charge >= 0.3 is 0 Å². The van der Waals surface area contributed by atoms with Crippen LogP contribution in [0.2, 0.25) is 10.0 Å². The van der Waals surface area contributed by atoms with Crippen LogP contribution in [0.25, 0.3) is 6.08 Å². The van der Waals surface area contributed by atoms with Crippen LogP contribution in [-0.2, 0) is 24.4 Å². The highest BCUT2D eigenvalue weighted by molar-refractivity contribution is 8.18. The Bertz CT molecular complexity index is 1320. The molecule has 0 unspecified atom stereocenters. The zero-order valence-corrected chi connectivity index (χ0v) is 21.8. The van der Waals surface area contributed by atoms with Gasteiger partial charge in [-0.2, -0.15) is 0 Å². The molecule has 0 N–H and O–H groups in total. The van der Waals surface area contributed by atoms with Crippen molar-refractivity contribution in [2.45, 2.75) is 19.6 Å². The minimum atomic E-state index is -0.408. The van der Waals surface area contributed by atoms with Gasteiger partial charge in [-0.25, -0.2) is 0 Å². The summed E-state index contributed by atoms with van der Waals surface area (Å²) < 4.78 is 11.7. The van der Waals surface area contributed by atoms with Crippen molar-refractivity contribution >= 4 is 52.2 Å². The molecule has 0 bridgehead atoms. The van der Waals surface area contributed by atoms with Gasteiger partial charge in [-0.3, -0.25) is 14.5 Å². The Morgan fingerprint density at radius 3 is 2.42 bits per heavy atom. The maximum Gasteiger partial charge on any atom is 0.293 e. The fourth-order valence-electron chi connectivity index (χ4n) is 3.75. The number of benzene rings is 3. The third-order valence-corrected chi connectivity index (χ3v) is 7.13. The number of halogens is 2. The molecule has 0 radical (unpaired) electrons. The molecule has 2 amide bonds. The van der Waals surface area contributed by atoms with E-state index in [2.05, 4.69) is 6.58 Å². The molecule has 3 aromatic carbocycles. The molecule has 1 aliphatic rings. The van der Waals surface area contributed by atoms with Crippen LogP contribution >= 0.6 is 35.0 Å². The Kier molecular flexibility index (Phi) is 8.41. The van der Waals surface area contributed by atoms with Crippen LogP contribution in [0.15, 0.2) is 78.2 Å². The van der Waals surface area contributed by atoms with Gasteiger partial charge in [-0.05, 0) is 59.7 Å². The summed E-state index contributed by atoms with van der Waals surface area (Å²) in [7, 11) is 1.56. The molecule has 1 saturated heterocycles. The SMILES string of the molecule is C=CCc1cc(/C=C2\SC(=O)N(Cc3c(Cl)cccc3Cl)C2=O)cc(OC)c1OCc1ccccc1. The first kappa shape index (κ1) is 25.9. The van der Waals surface area contributed by atoms with E-state index in [0.717, 1.165) is 27.8 Å². The highest BCUT2D eigenvalue weighted by atomic mass is 35.5. The van der Waals surface area contributed by atoms with E-state index < -0.39 is 5.91 Å². The van der Waals surface area contributed by atoms with Crippen LogP contribution < -0.4 is 9.47 Å². The lowest BCUT2D eigenvalue weighted by molar-refractivity contribution is -0.123. The van der Waals surface area contributed by atoms with Crippen molar-refractivity contribution < 1.29 is 19.1 Å². The van der Waals surface area contributed by atoms with Gasteiger partial charge in [0.15, 0.2) is 11.5 Å². The molecule has 36 heavy (non-hydrogen) atoms. The first-order valence-electron chi connectivity index (χ1n) is 11.1. The molecule has 5 nitrogen and oxygen atoms in total. The molecule has 8 heteroatoms. The first-order valence-corrected chi connectivity index (χ1v) is 12.6. The summed E-state index contributed by atoms with van der Waals surface area (Å²) in [5, 5.41) is 0.411. The second-order valence-corrected chi connectivity index (χ2v) is 9.75. The molecular weight excluding hydrogens is 517 g/mol. The number of methoxy groups -OCH3 is 1. The maximum atomic E-state index is 13.1. The number of thioether (sulfide) groups is 1. The van der Waals surface area contributed by atoms with E-state index in [0.29, 0.717) is 50.6 Å². The van der Waals surface area contributed by atoms with E-state index in [1.807, 2.05) is 36.4 Å². The minimum Gasteiger partial charge on any atom is -0.493 e. The summed E-state index contributed by atoms with van der Waals surface area (Å²) in [6.07, 6.45) is 3.99. The molecular formula is C28H23Cl2NO4S. The van der Waals surface area contributed by atoms with Gasteiger partial charge in [0, 0.05) is 21.2 Å². The highest BCUT2D eigenvalue weighted by Gasteiger charge is 2.35. The molecule has 3 aromatic rings. The molecule has 0 spiro atoms. The normalized spacial score (nSPS) is 14.4. The number of imide groups is 1. The third kappa shape index (κ3) is 5.78. The van der Waals surface area contributed by atoms with E-state index in [1.54, 1.807) is 43.5 Å². The van der Waals surface area contributed by atoms with E-state index in [9.17, 15) is 9.59 Å². The van der Waals surface area contributed by atoms with E-state index >= 15 is 0 Å². The number of amides is 2. The Morgan fingerprint density at radius 2 is 1.75 bits per heavy atom. The second kappa shape index (κ2) is 11.7. The summed E-state index contributed by atoms with van der Waals surface area (Å²) in [6.45, 7) is 4.22. The average molecular weight is 540 g/mol. The lowest BCUT2D eigenvalue weighted by atomic mass is 10.0. The number of hydrogen-bond acceptors (Lipinski definition) is 5. The number of hydrogen-bond donors (Lipinski definition) is 0. The molecule has 1 heterocycles. The smallest absolute Gasteiger partial charge is 0.293 e. The minimum absolute atomic E-state index is 0.00217. The number of nitrogens with zero attached hydrogens (tertiary/aromatic N) is 1. The standard InChI is InChI=1S/C28H23Cl2NO4S/c1-3-8-20-13-19(14-24(34-2)26(20)35-17-18-9-5-4-6-10-18)15-25-27(32)31(28(33)36-25)16-21-22(29)11-7-12-23(21)30/h3-7,9-15H,1,8,16-17H2,2H3/b25-15-. The largest absolute Gasteiger partial charge is 0.493 e. The van der Waals surface area contributed by atoms with Crippen LogP contribution in [0.3, 0.4) is 0 Å². The van der Waals surface area contributed by atoms with E-state index in [4.69, 9.17) is 32.7 Å². The quantitative estimate of drug-likeness (QED) is 0.207. The lowest BCUT2D eigenvalue weighted by Crippen LogP contribution is -2.27. The van der Waals surface area contributed by atoms with Gasteiger partial charge in [0.2, 0.25) is 0 Å². The van der Waals surface area contributed by atoms with Gasteiger partial charge < -0.3 is 9.47 Å². The Morgan fingerprint density at radius 1 is 1.03 bits per heavy atom. The van der Waals surface area contributed by atoms with Crippen molar-refractivity contribution in [3.63, 3.8) is 0 Å². The molecule has 0 saturated carbocycles. The van der Waals surface area contributed by atoms with Crippen molar-refractivity contribution in [1.29, 1.82) is 0 Å². The number of rotatable bonds is 9. The van der Waals surface area contributed by atoms with Crippen LogP contribution in [0.4, 0.5) is 4.79 Å². The van der Waals surface area contributed by atoms with Gasteiger partial charge in [-0.15, -0.1) is 6.58 Å². The van der Waals surface area contributed by atoms with Crippen molar-refractivity contribution in [2.75, 3.05) is 7.11 Å². The molecule has 4 rings (SSSR count). The number of carbonyl (C=O) groups is 2. The lowest BCUT2D eigenvalue weighted by Gasteiger charge is -2.16. The van der Waals surface area contributed by atoms with E-state index in [-0.39, 0.29) is 11.8 Å². The Balaban J connectivity index is 1.61. The van der Waals surface area contributed by atoms with Crippen molar-refractivity contribution in [3.8, 4) is 11.5 Å². The first-order chi connectivity index (χ1) is 17.4. The maximum absolute atomic E-state index is 13.1. The molecule has 0 aliphatic carbocycles. The summed E-state index contributed by atoms with van der Waals surface area (Å²) in [5.74, 6) is 0.730. The monoisotopic (exact) mass is 539 g/mol. The summed E-state index contributed by atoms with van der Waals surface area (Å²) in [4.78, 5) is 27.2. The zero-order chi connectivity index (χ0) is 25.7. The molecule has 1 aliphatic heterocycles. The predicted octanol–water partition coefficient (Wildman–Crippen LogP) is 7.55. The van der Waals surface area contributed by atoms with Crippen LogP contribution in [0.5, 0.6) is 11.5 Å². The van der Waals surface area contributed by atoms with Crippen LogP contribution in [0, 0.1) is 0 Å². The summed E-state index contributed by atoms with van der Waals surface area (Å²) >= 11 is 13.4. The molecule has 184 valence electrons. The third-order valence-electron chi connectivity index (χ3n) is 5.51. The van der Waals surface area contributed by atoms with Gasteiger partial charge in [0.1, 0.15) is 6.61 Å². The Labute approximate surface area is 224 Å².